The lowest BCUT2D eigenvalue weighted by molar-refractivity contribution is 0.414. The summed E-state index contributed by atoms with van der Waals surface area (Å²) in [4.78, 5) is 8.57. The molecule has 1 aromatic carbocycles. The number of rotatable bonds is 8. The fraction of sp³-hybridized carbons (Fsp3) is 0.375. The van der Waals surface area contributed by atoms with Gasteiger partial charge in [0.2, 0.25) is 5.95 Å². The molecule has 0 spiro atoms. The van der Waals surface area contributed by atoms with Gasteiger partial charge in [0, 0.05) is 37.6 Å². The highest BCUT2D eigenvalue weighted by Crippen LogP contribution is 2.11. The molecule has 0 radical (unpaired) electrons. The third-order valence-corrected chi connectivity index (χ3v) is 3.06. The molecule has 0 aliphatic rings. The van der Waals surface area contributed by atoms with Gasteiger partial charge in [-0.3, -0.25) is 0 Å². The maximum Gasteiger partial charge on any atom is 0.222 e. The second-order valence-electron chi connectivity index (χ2n) is 4.79. The Bertz CT molecular complexity index is 525. The van der Waals surface area contributed by atoms with Gasteiger partial charge in [-0.05, 0) is 24.1 Å². The molecular formula is C16H22N4O. The van der Waals surface area contributed by atoms with Crippen molar-refractivity contribution in [2.75, 3.05) is 19.0 Å². The summed E-state index contributed by atoms with van der Waals surface area (Å²) in [6, 6.07) is 8.04. The molecule has 21 heavy (non-hydrogen) atoms. The summed E-state index contributed by atoms with van der Waals surface area (Å²) in [7, 11) is 1.67. The van der Waals surface area contributed by atoms with Crippen molar-refractivity contribution >= 4 is 5.95 Å². The molecule has 5 nitrogen and oxygen atoms in total. The van der Waals surface area contributed by atoms with Crippen LogP contribution in [0.2, 0.25) is 0 Å². The third-order valence-electron chi connectivity index (χ3n) is 3.06. The molecule has 0 saturated heterocycles. The molecule has 1 aromatic heterocycles. The van der Waals surface area contributed by atoms with Crippen molar-refractivity contribution in [1.29, 1.82) is 0 Å². The Kier molecular flexibility index (Phi) is 5.97. The van der Waals surface area contributed by atoms with E-state index in [1.54, 1.807) is 7.11 Å². The molecule has 112 valence electrons. The average molecular weight is 286 g/mol. The van der Waals surface area contributed by atoms with Gasteiger partial charge in [-0.15, -0.1) is 0 Å². The van der Waals surface area contributed by atoms with E-state index in [1.807, 2.05) is 24.5 Å². The number of benzene rings is 1. The second-order valence-corrected chi connectivity index (χ2v) is 4.79. The van der Waals surface area contributed by atoms with E-state index in [4.69, 9.17) is 4.74 Å². The lowest BCUT2D eigenvalue weighted by Gasteiger charge is -2.07. The average Bonchev–Trinajstić information content (AvgIpc) is 2.55. The lowest BCUT2D eigenvalue weighted by atomic mass is 10.2. The van der Waals surface area contributed by atoms with Gasteiger partial charge in [-0.2, -0.15) is 0 Å². The van der Waals surface area contributed by atoms with Crippen molar-refractivity contribution in [1.82, 2.24) is 15.3 Å². The van der Waals surface area contributed by atoms with Crippen LogP contribution >= 0.6 is 0 Å². The van der Waals surface area contributed by atoms with Gasteiger partial charge in [-0.25, -0.2) is 9.97 Å². The molecule has 0 amide bonds. The van der Waals surface area contributed by atoms with Gasteiger partial charge >= 0.3 is 0 Å². The summed E-state index contributed by atoms with van der Waals surface area (Å²) in [5.74, 6) is 1.57. The van der Waals surface area contributed by atoms with Gasteiger partial charge in [-0.1, -0.05) is 19.1 Å². The van der Waals surface area contributed by atoms with E-state index in [1.165, 1.54) is 5.56 Å². The first-order chi connectivity index (χ1) is 10.3. The van der Waals surface area contributed by atoms with Gasteiger partial charge in [0.15, 0.2) is 0 Å². The lowest BCUT2D eigenvalue weighted by Crippen LogP contribution is -2.13. The Morgan fingerprint density at radius 3 is 2.29 bits per heavy atom. The summed E-state index contributed by atoms with van der Waals surface area (Å²) in [6.45, 7) is 4.57. The van der Waals surface area contributed by atoms with Crippen LogP contribution < -0.4 is 15.4 Å². The molecule has 0 atom stereocenters. The number of aromatic nitrogens is 2. The zero-order chi connectivity index (χ0) is 14.9. The molecular weight excluding hydrogens is 264 g/mol. The summed E-state index contributed by atoms with van der Waals surface area (Å²) in [5, 5.41) is 6.54. The molecule has 0 unspecified atom stereocenters. The molecule has 2 rings (SSSR count). The quantitative estimate of drug-likeness (QED) is 0.781. The maximum atomic E-state index is 5.14. The number of methoxy groups -OCH3 is 1. The predicted octanol–water partition coefficient (Wildman–Crippen LogP) is 2.60. The van der Waals surface area contributed by atoms with E-state index in [0.717, 1.165) is 37.4 Å². The van der Waals surface area contributed by atoms with Crippen molar-refractivity contribution in [3.8, 4) is 5.75 Å². The van der Waals surface area contributed by atoms with Crippen LogP contribution in [-0.2, 0) is 13.1 Å². The van der Waals surface area contributed by atoms with Crippen LogP contribution in [-0.4, -0.2) is 23.6 Å². The molecule has 2 N–H and O–H groups in total. The van der Waals surface area contributed by atoms with E-state index < -0.39 is 0 Å². The van der Waals surface area contributed by atoms with E-state index in [2.05, 4.69) is 39.7 Å². The number of nitrogens with one attached hydrogen (secondary N) is 2. The minimum absolute atomic E-state index is 0.691. The van der Waals surface area contributed by atoms with Crippen LogP contribution in [0.1, 0.15) is 24.5 Å². The number of hydrogen-bond donors (Lipinski definition) is 2. The number of nitrogens with zero attached hydrogens (tertiary/aromatic N) is 2. The van der Waals surface area contributed by atoms with Gasteiger partial charge in [0.1, 0.15) is 5.75 Å². The highest BCUT2D eigenvalue weighted by Gasteiger charge is 1.98. The molecule has 0 aliphatic heterocycles. The van der Waals surface area contributed by atoms with E-state index >= 15 is 0 Å². The number of hydrogen-bond acceptors (Lipinski definition) is 5. The maximum absolute atomic E-state index is 5.14. The fourth-order valence-electron chi connectivity index (χ4n) is 1.87. The summed E-state index contributed by atoms with van der Waals surface area (Å²) < 4.78 is 5.14. The normalized spacial score (nSPS) is 10.4. The van der Waals surface area contributed by atoms with Crippen molar-refractivity contribution in [2.45, 2.75) is 26.4 Å². The highest BCUT2D eigenvalue weighted by atomic mass is 16.5. The number of anilines is 1. The SMILES string of the molecule is CCCNc1ncc(CNCc2ccc(OC)cc2)cn1. The van der Waals surface area contributed by atoms with Crippen LogP contribution in [0.15, 0.2) is 36.7 Å². The van der Waals surface area contributed by atoms with Gasteiger partial charge in [0.25, 0.3) is 0 Å². The minimum atomic E-state index is 0.691. The van der Waals surface area contributed by atoms with E-state index in [-0.39, 0.29) is 0 Å². The summed E-state index contributed by atoms with van der Waals surface area (Å²) >= 11 is 0. The Balaban J connectivity index is 1.77. The smallest absolute Gasteiger partial charge is 0.222 e. The topological polar surface area (TPSA) is 59.1 Å². The molecule has 1 heterocycles. The Labute approximate surface area is 125 Å². The number of ether oxygens (including phenoxy) is 1. The first kappa shape index (κ1) is 15.3. The first-order valence-electron chi connectivity index (χ1n) is 7.20. The van der Waals surface area contributed by atoms with E-state index in [9.17, 15) is 0 Å². The standard InChI is InChI=1S/C16H22N4O/c1-3-8-18-16-19-11-14(12-20-16)10-17-9-13-4-6-15(21-2)7-5-13/h4-7,11-12,17H,3,8-10H2,1-2H3,(H,18,19,20). The molecule has 0 aliphatic carbocycles. The van der Waals surface area contributed by atoms with Crippen LogP contribution in [0.4, 0.5) is 5.95 Å². The van der Waals surface area contributed by atoms with Crippen molar-refractivity contribution in [3.05, 3.63) is 47.8 Å². The van der Waals surface area contributed by atoms with Crippen molar-refractivity contribution < 1.29 is 4.74 Å². The van der Waals surface area contributed by atoms with Crippen LogP contribution in [0.3, 0.4) is 0 Å². The monoisotopic (exact) mass is 286 g/mol. The Morgan fingerprint density at radius 2 is 1.67 bits per heavy atom. The minimum Gasteiger partial charge on any atom is -0.497 e. The molecule has 2 aromatic rings. The summed E-state index contributed by atoms with van der Waals surface area (Å²) in [6.07, 6.45) is 4.77. The Morgan fingerprint density at radius 1 is 1.00 bits per heavy atom. The Hall–Kier alpha value is -2.14. The van der Waals surface area contributed by atoms with Crippen molar-refractivity contribution in [2.24, 2.45) is 0 Å². The molecule has 0 fully saturated rings. The molecule has 5 heteroatoms. The van der Waals surface area contributed by atoms with Gasteiger partial charge in [0.05, 0.1) is 7.11 Å². The van der Waals surface area contributed by atoms with E-state index in [0.29, 0.717) is 5.95 Å². The molecule has 0 bridgehead atoms. The third kappa shape index (κ3) is 5.04. The zero-order valence-corrected chi connectivity index (χ0v) is 12.6. The molecule has 0 saturated carbocycles. The predicted molar refractivity (Wildman–Crippen MR) is 84.4 cm³/mol. The van der Waals surface area contributed by atoms with Gasteiger partial charge < -0.3 is 15.4 Å². The highest BCUT2D eigenvalue weighted by molar-refractivity contribution is 5.27. The fourth-order valence-corrected chi connectivity index (χ4v) is 1.87. The van der Waals surface area contributed by atoms with Crippen molar-refractivity contribution in [3.63, 3.8) is 0 Å². The zero-order valence-electron chi connectivity index (χ0n) is 12.6. The largest absolute Gasteiger partial charge is 0.497 e. The van der Waals surface area contributed by atoms with Crippen LogP contribution in [0.5, 0.6) is 5.75 Å². The van der Waals surface area contributed by atoms with Crippen LogP contribution in [0, 0.1) is 0 Å². The summed E-state index contributed by atoms with van der Waals surface area (Å²) in [5.41, 5.74) is 2.29. The first-order valence-corrected chi connectivity index (χ1v) is 7.20. The van der Waals surface area contributed by atoms with Crippen LogP contribution in [0.25, 0.3) is 0 Å². The second kappa shape index (κ2) is 8.21.